The zero-order valence-electron chi connectivity index (χ0n) is 8.04. The van der Waals surface area contributed by atoms with Crippen molar-refractivity contribution >= 4 is 11.4 Å². The maximum absolute atomic E-state index is 12.9. The van der Waals surface area contributed by atoms with E-state index in [1.807, 2.05) is 0 Å². The van der Waals surface area contributed by atoms with Crippen molar-refractivity contribution < 1.29 is 8.78 Å². The molecule has 78 valence electrons. The van der Waals surface area contributed by atoms with Crippen LogP contribution in [0, 0.1) is 11.6 Å². The Bertz CT molecular complexity index is 479. The Kier molecular flexibility index (Phi) is 2.37. The standard InChI is InChI=1S/C10H9F2N3/c1-15-6-8(5-13-15)14-7-2-3-9(11)10(12)4-7/h2-6,14H,1H3. The molecule has 0 saturated heterocycles. The average Bonchev–Trinajstić information content (AvgIpc) is 2.58. The number of hydrogen-bond acceptors (Lipinski definition) is 2. The van der Waals surface area contributed by atoms with Gasteiger partial charge in [0.2, 0.25) is 0 Å². The summed E-state index contributed by atoms with van der Waals surface area (Å²) in [7, 11) is 1.77. The number of rotatable bonds is 2. The quantitative estimate of drug-likeness (QED) is 0.823. The monoisotopic (exact) mass is 209 g/mol. The maximum Gasteiger partial charge on any atom is 0.160 e. The lowest BCUT2D eigenvalue weighted by atomic mass is 10.3. The van der Waals surface area contributed by atoms with Gasteiger partial charge in [0, 0.05) is 25.0 Å². The highest BCUT2D eigenvalue weighted by Gasteiger charge is 2.03. The van der Waals surface area contributed by atoms with E-state index in [0.717, 1.165) is 17.8 Å². The zero-order valence-corrected chi connectivity index (χ0v) is 8.04. The van der Waals surface area contributed by atoms with E-state index in [4.69, 9.17) is 0 Å². The smallest absolute Gasteiger partial charge is 0.160 e. The lowest BCUT2D eigenvalue weighted by Crippen LogP contribution is -1.91. The molecule has 0 amide bonds. The molecule has 0 spiro atoms. The van der Waals surface area contributed by atoms with Crippen LogP contribution in [0.4, 0.5) is 20.2 Å². The van der Waals surface area contributed by atoms with Crippen LogP contribution in [0.1, 0.15) is 0 Å². The fourth-order valence-corrected chi connectivity index (χ4v) is 1.23. The number of hydrogen-bond donors (Lipinski definition) is 1. The first kappa shape index (κ1) is 9.64. The summed E-state index contributed by atoms with van der Waals surface area (Å²) in [4.78, 5) is 0. The predicted molar refractivity (Wildman–Crippen MR) is 52.8 cm³/mol. The number of halogens is 2. The van der Waals surface area contributed by atoms with Crippen molar-refractivity contribution in [3.05, 3.63) is 42.2 Å². The molecule has 15 heavy (non-hydrogen) atoms. The van der Waals surface area contributed by atoms with E-state index in [-0.39, 0.29) is 0 Å². The molecule has 0 radical (unpaired) electrons. The van der Waals surface area contributed by atoms with Crippen LogP contribution < -0.4 is 5.32 Å². The molecule has 1 heterocycles. The van der Waals surface area contributed by atoms with E-state index >= 15 is 0 Å². The van der Waals surface area contributed by atoms with Gasteiger partial charge in [-0.1, -0.05) is 0 Å². The average molecular weight is 209 g/mol. The Labute approximate surface area is 85.3 Å². The van der Waals surface area contributed by atoms with E-state index in [2.05, 4.69) is 10.4 Å². The van der Waals surface area contributed by atoms with Gasteiger partial charge in [-0.25, -0.2) is 8.78 Å². The summed E-state index contributed by atoms with van der Waals surface area (Å²) >= 11 is 0. The molecule has 2 aromatic rings. The summed E-state index contributed by atoms with van der Waals surface area (Å²) in [5, 5.41) is 6.84. The number of anilines is 2. The summed E-state index contributed by atoms with van der Waals surface area (Å²) < 4.78 is 27.1. The van der Waals surface area contributed by atoms with Crippen LogP contribution in [0.5, 0.6) is 0 Å². The first-order valence-corrected chi connectivity index (χ1v) is 4.36. The molecule has 3 nitrogen and oxygen atoms in total. The molecule has 0 aliphatic rings. The van der Waals surface area contributed by atoms with Gasteiger partial charge in [0.05, 0.1) is 11.9 Å². The Morgan fingerprint density at radius 2 is 2.00 bits per heavy atom. The number of aryl methyl sites for hydroxylation is 1. The van der Waals surface area contributed by atoms with Crippen molar-refractivity contribution in [3.8, 4) is 0 Å². The van der Waals surface area contributed by atoms with Crippen molar-refractivity contribution in [2.24, 2.45) is 7.05 Å². The van der Waals surface area contributed by atoms with Gasteiger partial charge in [0.1, 0.15) is 0 Å². The minimum atomic E-state index is -0.871. The van der Waals surface area contributed by atoms with Gasteiger partial charge >= 0.3 is 0 Å². The molecule has 1 N–H and O–H groups in total. The summed E-state index contributed by atoms with van der Waals surface area (Å²) in [6, 6.07) is 3.64. The molecule has 2 rings (SSSR count). The molecule has 0 fully saturated rings. The van der Waals surface area contributed by atoms with E-state index in [9.17, 15) is 8.78 Å². The fraction of sp³-hybridized carbons (Fsp3) is 0.100. The molecule has 5 heteroatoms. The summed E-state index contributed by atoms with van der Waals surface area (Å²) in [5.74, 6) is -1.73. The van der Waals surface area contributed by atoms with E-state index in [1.165, 1.54) is 6.07 Å². The second-order valence-corrected chi connectivity index (χ2v) is 3.16. The number of nitrogens with one attached hydrogen (secondary N) is 1. The van der Waals surface area contributed by atoms with Crippen LogP contribution in [-0.4, -0.2) is 9.78 Å². The van der Waals surface area contributed by atoms with Crippen LogP contribution in [-0.2, 0) is 7.05 Å². The van der Waals surface area contributed by atoms with Gasteiger partial charge < -0.3 is 5.32 Å². The highest BCUT2D eigenvalue weighted by molar-refractivity contribution is 5.57. The normalized spacial score (nSPS) is 10.3. The third-order valence-electron chi connectivity index (χ3n) is 1.91. The van der Waals surface area contributed by atoms with Gasteiger partial charge in [0.15, 0.2) is 11.6 Å². The molecule has 0 saturated carbocycles. The minimum absolute atomic E-state index is 0.488. The van der Waals surface area contributed by atoms with Crippen LogP contribution in [0.3, 0.4) is 0 Å². The van der Waals surface area contributed by atoms with Gasteiger partial charge in [-0.2, -0.15) is 5.10 Å². The third-order valence-corrected chi connectivity index (χ3v) is 1.91. The summed E-state index contributed by atoms with van der Waals surface area (Å²) in [6.45, 7) is 0. The van der Waals surface area contributed by atoms with Crippen LogP contribution >= 0.6 is 0 Å². The minimum Gasteiger partial charge on any atom is -0.353 e. The number of aromatic nitrogens is 2. The van der Waals surface area contributed by atoms with Gasteiger partial charge in [-0.05, 0) is 12.1 Å². The lowest BCUT2D eigenvalue weighted by molar-refractivity contribution is 0.509. The molecule has 0 aliphatic heterocycles. The van der Waals surface area contributed by atoms with Crippen molar-refractivity contribution in [2.45, 2.75) is 0 Å². The van der Waals surface area contributed by atoms with Crippen LogP contribution in [0.25, 0.3) is 0 Å². The predicted octanol–water partition coefficient (Wildman–Crippen LogP) is 2.44. The third kappa shape index (κ3) is 2.12. The topological polar surface area (TPSA) is 29.9 Å². The Morgan fingerprint density at radius 1 is 1.20 bits per heavy atom. The maximum atomic E-state index is 12.9. The van der Waals surface area contributed by atoms with Gasteiger partial charge in [0.25, 0.3) is 0 Å². The highest BCUT2D eigenvalue weighted by Crippen LogP contribution is 2.17. The van der Waals surface area contributed by atoms with E-state index in [1.54, 1.807) is 24.1 Å². The van der Waals surface area contributed by atoms with Crippen molar-refractivity contribution in [2.75, 3.05) is 5.32 Å². The van der Waals surface area contributed by atoms with E-state index < -0.39 is 11.6 Å². The Balaban J connectivity index is 2.21. The molecule has 1 aromatic carbocycles. The molecule has 0 atom stereocenters. The lowest BCUT2D eigenvalue weighted by Gasteiger charge is -2.03. The zero-order chi connectivity index (χ0) is 10.8. The Morgan fingerprint density at radius 3 is 2.60 bits per heavy atom. The van der Waals surface area contributed by atoms with E-state index in [0.29, 0.717) is 5.69 Å². The van der Waals surface area contributed by atoms with Crippen molar-refractivity contribution in [1.82, 2.24) is 9.78 Å². The molecule has 1 aromatic heterocycles. The molecular weight excluding hydrogens is 200 g/mol. The van der Waals surface area contributed by atoms with Gasteiger partial charge in [-0.15, -0.1) is 0 Å². The summed E-state index contributed by atoms with van der Waals surface area (Å²) in [6.07, 6.45) is 3.34. The number of benzene rings is 1. The molecule has 0 bridgehead atoms. The Hall–Kier alpha value is -1.91. The number of nitrogens with zero attached hydrogens (tertiary/aromatic N) is 2. The largest absolute Gasteiger partial charge is 0.353 e. The van der Waals surface area contributed by atoms with Crippen molar-refractivity contribution in [1.29, 1.82) is 0 Å². The van der Waals surface area contributed by atoms with Gasteiger partial charge in [-0.3, -0.25) is 4.68 Å². The molecular formula is C10H9F2N3. The van der Waals surface area contributed by atoms with Crippen molar-refractivity contribution in [3.63, 3.8) is 0 Å². The second kappa shape index (κ2) is 3.68. The second-order valence-electron chi connectivity index (χ2n) is 3.16. The van der Waals surface area contributed by atoms with Crippen LogP contribution in [0.15, 0.2) is 30.6 Å². The SMILES string of the molecule is Cn1cc(Nc2ccc(F)c(F)c2)cn1. The first-order chi connectivity index (χ1) is 7.15. The van der Waals surface area contributed by atoms with Crippen LogP contribution in [0.2, 0.25) is 0 Å². The highest BCUT2D eigenvalue weighted by atomic mass is 19.2. The summed E-state index contributed by atoms with van der Waals surface area (Å²) in [5.41, 5.74) is 1.21. The fourth-order valence-electron chi connectivity index (χ4n) is 1.23. The first-order valence-electron chi connectivity index (χ1n) is 4.36. The molecule has 0 unspecified atom stereocenters. The molecule has 0 aliphatic carbocycles.